The fraction of sp³-hybridized carbons (Fsp3) is 1.00. The summed E-state index contributed by atoms with van der Waals surface area (Å²) in [4.78, 5) is 2.62. The third kappa shape index (κ3) is 4.71. The van der Waals surface area contributed by atoms with Gasteiger partial charge in [0, 0.05) is 31.8 Å². The van der Waals surface area contributed by atoms with Gasteiger partial charge in [-0.1, -0.05) is 6.42 Å². The van der Waals surface area contributed by atoms with E-state index in [0.717, 1.165) is 44.3 Å². The van der Waals surface area contributed by atoms with Crippen LogP contribution in [-0.4, -0.2) is 63.5 Å². The molecule has 2 heterocycles. The molecule has 2 saturated heterocycles. The van der Waals surface area contributed by atoms with Crippen LogP contribution in [-0.2, 0) is 9.47 Å². The highest BCUT2D eigenvalue weighted by Gasteiger charge is 2.35. The lowest BCUT2D eigenvalue weighted by Gasteiger charge is -2.47. The normalized spacial score (nSPS) is 31.6. The summed E-state index contributed by atoms with van der Waals surface area (Å²) in [6.45, 7) is 3.34. The van der Waals surface area contributed by atoms with Gasteiger partial charge in [0.15, 0.2) is 0 Å². The number of nitrogens with one attached hydrogen (secondary N) is 1. The third-order valence-corrected chi connectivity index (χ3v) is 4.67. The lowest BCUT2D eigenvalue weighted by atomic mass is 9.82. The van der Waals surface area contributed by atoms with E-state index in [2.05, 4.69) is 17.3 Å². The fourth-order valence-corrected chi connectivity index (χ4v) is 3.51. The van der Waals surface area contributed by atoms with E-state index >= 15 is 0 Å². The zero-order chi connectivity index (χ0) is 13.5. The van der Waals surface area contributed by atoms with Gasteiger partial charge in [-0.05, 0) is 45.7 Å². The van der Waals surface area contributed by atoms with Gasteiger partial charge in [0.1, 0.15) is 0 Å². The molecule has 0 aromatic heterocycles. The Labute approximate surface area is 117 Å². The van der Waals surface area contributed by atoms with Crippen LogP contribution in [0, 0.1) is 0 Å². The van der Waals surface area contributed by atoms with Crippen LogP contribution < -0.4 is 5.32 Å². The molecule has 0 amide bonds. The lowest BCUT2D eigenvalue weighted by Crippen LogP contribution is -2.54. The highest BCUT2D eigenvalue weighted by atomic mass is 16.5. The molecule has 4 nitrogen and oxygen atoms in total. The van der Waals surface area contributed by atoms with Crippen molar-refractivity contribution < 1.29 is 9.47 Å². The first kappa shape index (κ1) is 15.2. The standard InChI is InChI=1S/C15H30N2O2/c1-17-14-5-3-6-15(17)12-13(11-14)16-7-4-8-19-10-9-18-2/h13-16H,3-12H2,1-2H3. The maximum absolute atomic E-state index is 5.48. The lowest BCUT2D eigenvalue weighted by molar-refractivity contribution is 0.0463. The Hall–Kier alpha value is -0.160. The van der Waals surface area contributed by atoms with Crippen LogP contribution in [0.15, 0.2) is 0 Å². The highest BCUT2D eigenvalue weighted by Crippen LogP contribution is 2.32. The molecule has 0 saturated carbocycles. The average molecular weight is 270 g/mol. The minimum Gasteiger partial charge on any atom is -0.382 e. The minimum atomic E-state index is 0.700. The number of hydrogen-bond acceptors (Lipinski definition) is 4. The van der Waals surface area contributed by atoms with E-state index in [4.69, 9.17) is 9.47 Å². The first-order chi connectivity index (χ1) is 9.31. The fourth-order valence-electron chi connectivity index (χ4n) is 3.51. The quantitative estimate of drug-likeness (QED) is 0.680. The second-order valence-corrected chi connectivity index (χ2v) is 5.99. The highest BCUT2D eigenvalue weighted by molar-refractivity contribution is 4.93. The summed E-state index contributed by atoms with van der Waals surface area (Å²) in [5, 5.41) is 3.72. The van der Waals surface area contributed by atoms with E-state index in [1.54, 1.807) is 7.11 Å². The number of fused-ring (bicyclic) bond motifs is 2. The average Bonchev–Trinajstić information content (AvgIpc) is 2.38. The number of ether oxygens (including phenoxy) is 2. The van der Waals surface area contributed by atoms with Gasteiger partial charge < -0.3 is 19.7 Å². The molecular formula is C15H30N2O2. The van der Waals surface area contributed by atoms with Crippen molar-refractivity contribution in [2.75, 3.05) is 40.5 Å². The van der Waals surface area contributed by atoms with E-state index in [-0.39, 0.29) is 0 Å². The summed E-state index contributed by atoms with van der Waals surface area (Å²) in [6.07, 6.45) is 7.98. The number of nitrogens with zero attached hydrogens (tertiary/aromatic N) is 1. The monoisotopic (exact) mass is 270 g/mol. The van der Waals surface area contributed by atoms with Crippen LogP contribution >= 0.6 is 0 Å². The van der Waals surface area contributed by atoms with Crippen molar-refractivity contribution in [1.82, 2.24) is 10.2 Å². The van der Waals surface area contributed by atoms with Crippen molar-refractivity contribution in [2.24, 2.45) is 0 Å². The van der Waals surface area contributed by atoms with Crippen molar-refractivity contribution in [1.29, 1.82) is 0 Å². The second-order valence-electron chi connectivity index (χ2n) is 5.99. The molecule has 2 fully saturated rings. The van der Waals surface area contributed by atoms with Crippen LogP contribution in [0.5, 0.6) is 0 Å². The Balaban J connectivity index is 1.54. The van der Waals surface area contributed by atoms with E-state index in [0.29, 0.717) is 6.61 Å². The molecule has 1 N–H and O–H groups in total. The second kappa shape index (κ2) is 8.20. The first-order valence-electron chi connectivity index (χ1n) is 7.83. The van der Waals surface area contributed by atoms with Crippen molar-refractivity contribution in [2.45, 2.75) is 56.7 Å². The van der Waals surface area contributed by atoms with Gasteiger partial charge in [-0.15, -0.1) is 0 Å². The molecule has 2 aliphatic rings. The van der Waals surface area contributed by atoms with Crippen LogP contribution in [0.2, 0.25) is 0 Å². The molecule has 0 radical (unpaired) electrons. The van der Waals surface area contributed by atoms with Crippen molar-refractivity contribution in [3.8, 4) is 0 Å². The maximum Gasteiger partial charge on any atom is 0.0700 e. The summed E-state index contributed by atoms with van der Waals surface area (Å²) < 4.78 is 10.4. The molecule has 2 unspecified atom stereocenters. The molecule has 19 heavy (non-hydrogen) atoms. The van der Waals surface area contributed by atoms with Crippen LogP contribution in [0.4, 0.5) is 0 Å². The van der Waals surface area contributed by atoms with Crippen molar-refractivity contribution >= 4 is 0 Å². The maximum atomic E-state index is 5.48. The third-order valence-electron chi connectivity index (χ3n) is 4.67. The number of piperidine rings is 2. The summed E-state index contributed by atoms with van der Waals surface area (Å²) in [6, 6.07) is 2.37. The molecule has 2 bridgehead atoms. The van der Waals surface area contributed by atoms with Crippen molar-refractivity contribution in [3.05, 3.63) is 0 Å². The van der Waals surface area contributed by atoms with Crippen LogP contribution in [0.3, 0.4) is 0 Å². The zero-order valence-corrected chi connectivity index (χ0v) is 12.6. The molecule has 4 heteroatoms. The molecule has 0 aromatic carbocycles. The predicted octanol–water partition coefficient (Wildman–Crippen LogP) is 1.64. The van der Waals surface area contributed by atoms with Crippen LogP contribution in [0.1, 0.15) is 38.5 Å². The van der Waals surface area contributed by atoms with Gasteiger partial charge in [0.05, 0.1) is 13.2 Å². The molecular weight excluding hydrogens is 240 g/mol. The molecule has 0 spiro atoms. The van der Waals surface area contributed by atoms with E-state index in [1.807, 2.05) is 0 Å². The number of rotatable bonds is 8. The van der Waals surface area contributed by atoms with Gasteiger partial charge >= 0.3 is 0 Å². The van der Waals surface area contributed by atoms with E-state index in [1.165, 1.54) is 32.1 Å². The van der Waals surface area contributed by atoms with E-state index in [9.17, 15) is 0 Å². The molecule has 2 rings (SSSR count). The SMILES string of the molecule is COCCOCCCNC1CC2CCCC(C1)N2C. The predicted molar refractivity (Wildman–Crippen MR) is 77.5 cm³/mol. The minimum absolute atomic E-state index is 0.700. The largest absolute Gasteiger partial charge is 0.382 e. The molecule has 2 aliphatic heterocycles. The Morgan fingerprint density at radius 2 is 1.84 bits per heavy atom. The first-order valence-corrected chi connectivity index (χ1v) is 7.83. The zero-order valence-electron chi connectivity index (χ0n) is 12.6. The Morgan fingerprint density at radius 3 is 2.53 bits per heavy atom. The van der Waals surface area contributed by atoms with Crippen molar-refractivity contribution in [3.63, 3.8) is 0 Å². The molecule has 0 aliphatic carbocycles. The van der Waals surface area contributed by atoms with Gasteiger partial charge in [0.25, 0.3) is 0 Å². The Bertz CT molecular complexity index is 236. The van der Waals surface area contributed by atoms with Gasteiger partial charge in [-0.25, -0.2) is 0 Å². The number of methoxy groups -OCH3 is 1. The van der Waals surface area contributed by atoms with Gasteiger partial charge in [-0.2, -0.15) is 0 Å². The number of hydrogen-bond donors (Lipinski definition) is 1. The summed E-state index contributed by atoms with van der Waals surface area (Å²) in [5.74, 6) is 0. The van der Waals surface area contributed by atoms with Gasteiger partial charge in [0.2, 0.25) is 0 Å². The van der Waals surface area contributed by atoms with E-state index < -0.39 is 0 Å². The Kier molecular flexibility index (Phi) is 6.57. The molecule has 2 atom stereocenters. The smallest absolute Gasteiger partial charge is 0.0700 e. The summed E-state index contributed by atoms with van der Waals surface area (Å²) in [7, 11) is 4.02. The summed E-state index contributed by atoms with van der Waals surface area (Å²) in [5.41, 5.74) is 0. The van der Waals surface area contributed by atoms with Crippen LogP contribution in [0.25, 0.3) is 0 Å². The van der Waals surface area contributed by atoms with Gasteiger partial charge in [-0.3, -0.25) is 0 Å². The topological polar surface area (TPSA) is 33.7 Å². The molecule has 0 aromatic rings. The Morgan fingerprint density at radius 1 is 1.11 bits per heavy atom. The molecule has 112 valence electrons. The summed E-state index contributed by atoms with van der Waals surface area (Å²) >= 11 is 0.